The monoisotopic (exact) mass is 263 g/mol. The van der Waals surface area contributed by atoms with E-state index in [0.29, 0.717) is 12.0 Å². The van der Waals surface area contributed by atoms with Crippen molar-refractivity contribution in [2.45, 2.75) is 31.9 Å². The van der Waals surface area contributed by atoms with E-state index in [-0.39, 0.29) is 5.56 Å². The Morgan fingerprint density at radius 2 is 2.21 bits per heavy atom. The number of rotatable bonds is 4. The topological polar surface area (TPSA) is 47.4 Å². The van der Waals surface area contributed by atoms with Crippen LogP contribution < -0.4 is 5.56 Å². The largest absolute Gasteiger partial charge is 0.377 e. The molecule has 0 bridgehead atoms. The summed E-state index contributed by atoms with van der Waals surface area (Å²) in [5.74, 6) is 0.552. The maximum atomic E-state index is 11.6. The van der Waals surface area contributed by atoms with Gasteiger partial charge in [-0.1, -0.05) is 0 Å². The molecule has 1 atom stereocenters. The second kappa shape index (κ2) is 5.84. The highest BCUT2D eigenvalue weighted by Crippen LogP contribution is 2.20. The summed E-state index contributed by atoms with van der Waals surface area (Å²) in [5, 5.41) is 4.10. The third-order valence-corrected chi connectivity index (χ3v) is 3.99. The molecule has 1 aromatic heterocycles. The van der Waals surface area contributed by atoms with Crippen LogP contribution in [0.4, 0.5) is 0 Å². The molecule has 1 aromatic rings. The Kier molecular flexibility index (Phi) is 3.94. The Balaban J connectivity index is 1.43. The second-order valence-electron chi connectivity index (χ2n) is 5.62. The van der Waals surface area contributed by atoms with E-state index in [1.165, 1.54) is 19.3 Å². The smallest absolute Gasteiger partial charge is 0.266 e. The van der Waals surface area contributed by atoms with Crippen LogP contribution in [0.1, 0.15) is 19.3 Å². The van der Waals surface area contributed by atoms with Gasteiger partial charge in [0.1, 0.15) is 0 Å². The van der Waals surface area contributed by atoms with Crippen molar-refractivity contribution in [2.24, 2.45) is 5.92 Å². The molecule has 0 N–H and O–H groups in total. The van der Waals surface area contributed by atoms with Crippen molar-refractivity contribution >= 4 is 0 Å². The zero-order valence-corrected chi connectivity index (χ0v) is 11.2. The first kappa shape index (κ1) is 12.8. The fraction of sp³-hybridized carbons (Fsp3) is 0.714. The molecule has 2 fully saturated rings. The Labute approximate surface area is 113 Å². The molecule has 0 spiro atoms. The van der Waals surface area contributed by atoms with E-state index in [2.05, 4.69) is 10.00 Å². The SMILES string of the molecule is O=c1cccnn1CC1CN(CC2CCCCO2)C1. The second-order valence-corrected chi connectivity index (χ2v) is 5.62. The van der Waals surface area contributed by atoms with Crippen LogP contribution in [0.2, 0.25) is 0 Å². The van der Waals surface area contributed by atoms with E-state index in [1.54, 1.807) is 23.0 Å². The zero-order valence-electron chi connectivity index (χ0n) is 11.2. The van der Waals surface area contributed by atoms with E-state index in [4.69, 9.17) is 4.74 Å². The van der Waals surface area contributed by atoms with E-state index in [1.807, 2.05) is 0 Å². The van der Waals surface area contributed by atoms with Gasteiger partial charge in [-0.05, 0) is 25.3 Å². The van der Waals surface area contributed by atoms with Crippen molar-refractivity contribution in [3.8, 4) is 0 Å². The highest BCUT2D eigenvalue weighted by Gasteiger charge is 2.29. The Hall–Kier alpha value is -1.20. The molecule has 0 amide bonds. The number of likely N-dealkylation sites (tertiary alicyclic amines) is 1. The highest BCUT2D eigenvalue weighted by atomic mass is 16.5. The van der Waals surface area contributed by atoms with Gasteiger partial charge in [0.2, 0.25) is 0 Å². The van der Waals surface area contributed by atoms with Crippen molar-refractivity contribution in [1.29, 1.82) is 0 Å². The van der Waals surface area contributed by atoms with E-state index >= 15 is 0 Å². The molecule has 3 rings (SSSR count). The van der Waals surface area contributed by atoms with Crippen LogP contribution in [0.5, 0.6) is 0 Å². The first-order chi connectivity index (χ1) is 9.31. The normalized spacial score (nSPS) is 25.2. The molecule has 0 radical (unpaired) electrons. The molecule has 104 valence electrons. The summed E-state index contributed by atoms with van der Waals surface area (Å²) in [5.41, 5.74) is -0.00318. The van der Waals surface area contributed by atoms with Gasteiger partial charge in [-0.2, -0.15) is 5.10 Å². The summed E-state index contributed by atoms with van der Waals surface area (Å²) in [7, 11) is 0. The van der Waals surface area contributed by atoms with Crippen LogP contribution in [0.3, 0.4) is 0 Å². The lowest BCUT2D eigenvalue weighted by molar-refractivity contribution is -0.0322. The van der Waals surface area contributed by atoms with Gasteiger partial charge in [-0.15, -0.1) is 0 Å². The number of aromatic nitrogens is 2. The van der Waals surface area contributed by atoms with Gasteiger partial charge < -0.3 is 4.74 Å². The average Bonchev–Trinajstić information content (AvgIpc) is 2.40. The number of nitrogens with zero attached hydrogens (tertiary/aromatic N) is 3. The van der Waals surface area contributed by atoms with Gasteiger partial charge >= 0.3 is 0 Å². The fourth-order valence-corrected chi connectivity index (χ4v) is 2.95. The first-order valence-corrected chi connectivity index (χ1v) is 7.17. The van der Waals surface area contributed by atoms with Crippen molar-refractivity contribution < 1.29 is 4.74 Å². The molecule has 19 heavy (non-hydrogen) atoms. The van der Waals surface area contributed by atoms with E-state index in [9.17, 15) is 4.79 Å². The molecular weight excluding hydrogens is 242 g/mol. The molecule has 5 heteroatoms. The number of ether oxygens (including phenoxy) is 1. The molecule has 0 saturated carbocycles. The maximum Gasteiger partial charge on any atom is 0.266 e. The zero-order chi connectivity index (χ0) is 13.1. The molecule has 2 aliphatic heterocycles. The van der Waals surface area contributed by atoms with Gasteiger partial charge in [0, 0.05) is 44.4 Å². The standard InChI is InChI=1S/C14H21N3O2/c18-14-5-3-6-15-17(14)10-12-8-16(9-12)11-13-4-1-2-7-19-13/h3,5-6,12-13H,1-2,4,7-11H2. The predicted molar refractivity (Wildman–Crippen MR) is 72.0 cm³/mol. The molecular formula is C14H21N3O2. The van der Waals surface area contributed by atoms with Crippen LogP contribution in [-0.4, -0.2) is 47.0 Å². The quantitative estimate of drug-likeness (QED) is 0.804. The van der Waals surface area contributed by atoms with Gasteiger partial charge in [0.25, 0.3) is 5.56 Å². The van der Waals surface area contributed by atoms with E-state index < -0.39 is 0 Å². The first-order valence-electron chi connectivity index (χ1n) is 7.17. The van der Waals surface area contributed by atoms with Crippen molar-refractivity contribution in [2.75, 3.05) is 26.2 Å². The molecule has 0 aromatic carbocycles. The number of hydrogen-bond donors (Lipinski definition) is 0. The van der Waals surface area contributed by atoms with Crippen molar-refractivity contribution in [3.05, 3.63) is 28.7 Å². The minimum atomic E-state index is -0.00318. The lowest BCUT2D eigenvalue weighted by Gasteiger charge is -2.41. The van der Waals surface area contributed by atoms with Crippen molar-refractivity contribution in [1.82, 2.24) is 14.7 Å². The maximum absolute atomic E-state index is 11.6. The summed E-state index contributed by atoms with van der Waals surface area (Å²) in [6.07, 6.45) is 5.80. The van der Waals surface area contributed by atoms with E-state index in [0.717, 1.165) is 32.8 Å². The molecule has 0 aliphatic carbocycles. The van der Waals surface area contributed by atoms with Crippen molar-refractivity contribution in [3.63, 3.8) is 0 Å². The minimum absolute atomic E-state index is 0.00318. The highest BCUT2D eigenvalue weighted by molar-refractivity contribution is 4.87. The van der Waals surface area contributed by atoms with Crippen LogP contribution in [0, 0.1) is 5.92 Å². The lowest BCUT2D eigenvalue weighted by Crippen LogP contribution is -2.52. The molecule has 2 saturated heterocycles. The average molecular weight is 263 g/mol. The summed E-state index contributed by atoms with van der Waals surface area (Å²) in [6.45, 7) is 4.83. The van der Waals surface area contributed by atoms with Gasteiger partial charge in [0.15, 0.2) is 0 Å². The van der Waals surface area contributed by atoms with Crippen LogP contribution in [-0.2, 0) is 11.3 Å². The van der Waals surface area contributed by atoms with Crippen LogP contribution >= 0.6 is 0 Å². The minimum Gasteiger partial charge on any atom is -0.377 e. The van der Waals surface area contributed by atoms with Crippen LogP contribution in [0.15, 0.2) is 23.1 Å². The summed E-state index contributed by atoms with van der Waals surface area (Å²) >= 11 is 0. The summed E-state index contributed by atoms with van der Waals surface area (Å²) in [6, 6.07) is 3.26. The van der Waals surface area contributed by atoms with Gasteiger partial charge in [0.05, 0.1) is 12.6 Å². The molecule has 1 unspecified atom stereocenters. The van der Waals surface area contributed by atoms with Gasteiger partial charge in [-0.3, -0.25) is 9.69 Å². The summed E-state index contributed by atoms with van der Waals surface area (Å²) < 4.78 is 7.32. The predicted octanol–water partition coefficient (Wildman–Crippen LogP) is 0.744. The third kappa shape index (κ3) is 3.22. The van der Waals surface area contributed by atoms with Gasteiger partial charge in [-0.25, -0.2) is 4.68 Å². The molecule has 3 heterocycles. The number of hydrogen-bond acceptors (Lipinski definition) is 4. The Morgan fingerprint density at radius 1 is 1.32 bits per heavy atom. The Bertz CT molecular complexity index is 462. The summed E-state index contributed by atoms with van der Waals surface area (Å²) in [4.78, 5) is 14.0. The molecule has 2 aliphatic rings. The fourth-order valence-electron chi connectivity index (χ4n) is 2.95. The molecule has 5 nitrogen and oxygen atoms in total. The lowest BCUT2D eigenvalue weighted by atomic mass is 9.98. The Morgan fingerprint density at radius 3 is 2.95 bits per heavy atom. The van der Waals surface area contributed by atoms with Crippen LogP contribution in [0.25, 0.3) is 0 Å². The third-order valence-electron chi connectivity index (χ3n) is 3.99.